The number of rotatable bonds is 1. The molecule has 0 N–H and O–H groups in total. The largest absolute Gasteiger partial charge is 0.378 e. The van der Waals surface area contributed by atoms with E-state index >= 15 is 0 Å². The molecule has 2 rings (SSSR count). The van der Waals surface area contributed by atoms with Crippen molar-refractivity contribution in [3.8, 4) is 0 Å². The molecule has 0 aromatic rings. The topological polar surface area (TPSA) is 36.0 Å². The van der Waals surface area contributed by atoms with E-state index in [0.29, 0.717) is 19.3 Å². The van der Waals surface area contributed by atoms with Crippen molar-refractivity contribution in [1.29, 1.82) is 0 Å². The number of urea groups is 1. The van der Waals surface area contributed by atoms with E-state index in [-0.39, 0.29) is 6.03 Å². The van der Waals surface area contributed by atoms with Crippen molar-refractivity contribution in [1.82, 2.24) is 14.7 Å². The van der Waals surface area contributed by atoms with Gasteiger partial charge < -0.3 is 19.4 Å². The first-order valence-electron chi connectivity index (χ1n) is 6.46. The van der Waals surface area contributed by atoms with E-state index in [2.05, 4.69) is 11.9 Å². The molecular formula is C12H23N3O2. The summed E-state index contributed by atoms with van der Waals surface area (Å²) < 4.78 is 5.27. The van der Waals surface area contributed by atoms with Crippen LogP contribution in [0.1, 0.15) is 12.8 Å². The first-order valence-corrected chi connectivity index (χ1v) is 6.46. The van der Waals surface area contributed by atoms with Crippen LogP contribution in [0, 0.1) is 0 Å². The molecule has 0 radical (unpaired) electrons. The van der Waals surface area contributed by atoms with Gasteiger partial charge in [0.1, 0.15) is 0 Å². The van der Waals surface area contributed by atoms with Crippen molar-refractivity contribution >= 4 is 6.03 Å². The smallest absolute Gasteiger partial charge is 0.320 e. The number of amides is 2. The lowest BCUT2D eigenvalue weighted by Crippen LogP contribution is -2.53. The Morgan fingerprint density at radius 3 is 2.65 bits per heavy atom. The molecule has 2 heterocycles. The number of likely N-dealkylation sites (tertiary alicyclic amines) is 1. The number of piperidine rings is 1. The Morgan fingerprint density at radius 2 is 2.00 bits per heavy atom. The van der Waals surface area contributed by atoms with Crippen molar-refractivity contribution in [3.63, 3.8) is 0 Å². The average Bonchev–Trinajstić information content (AvgIpc) is 2.38. The number of carbonyl (C=O) groups is 1. The van der Waals surface area contributed by atoms with Crippen LogP contribution in [0.5, 0.6) is 0 Å². The van der Waals surface area contributed by atoms with Crippen LogP contribution >= 0.6 is 0 Å². The Balaban J connectivity index is 1.89. The maximum absolute atomic E-state index is 12.3. The molecule has 5 heteroatoms. The third-order valence-electron chi connectivity index (χ3n) is 3.73. The zero-order valence-electron chi connectivity index (χ0n) is 10.9. The molecule has 2 aliphatic heterocycles. The van der Waals surface area contributed by atoms with Crippen LogP contribution in [-0.4, -0.2) is 80.3 Å². The van der Waals surface area contributed by atoms with Gasteiger partial charge in [-0.25, -0.2) is 4.79 Å². The predicted octanol–water partition coefficient (Wildman–Crippen LogP) is 0.465. The molecular weight excluding hydrogens is 218 g/mol. The second kappa shape index (κ2) is 5.69. The summed E-state index contributed by atoms with van der Waals surface area (Å²) in [4.78, 5) is 18.4. The van der Waals surface area contributed by atoms with E-state index in [1.807, 2.05) is 16.8 Å². The molecule has 2 amide bonds. The molecule has 98 valence electrons. The zero-order valence-corrected chi connectivity index (χ0v) is 10.9. The molecule has 17 heavy (non-hydrogen) atoms. The van der Waals surface area contributed by atoms with Crippen molar-refractivity contribution in [2.24, 2.45) is 0 Å². The predicted molar refractivity (Wildman–Crippen MR) is 66.1 cm³/mol. The number of morpholine rings is 1. The quantitative estimate of drug-likeness (QED) is 0.669. The minimum atomic E-state index is 0.161. The van der Waals surface area contributed by atoms with Gasteiger partial charge in [-0.2, -0.15) is 0 Å². The second-order valence-corrected chi connectivity index (χ2v) is 5.05. The summed E-state index contributed by atoms with van der Waals surface area (Å²) in [6.45, 7) is 4.94. The highest BCUT2D eigenvalue weighted by molar-refractivity contribution is 5.74. The van der Waals surface area contributed by atoms with E-state index in [0.717, 1.165) is 32.6 Å². The second-order valence-electron chi connectivity index (χ2n) is 5.05. The van der Waals surface area contributed by atoms with Gasteiger partial charge in [0.05, 0.1) is 13.2 Å². The van der Waals surface area contributed by atoms with E-state index < -0.39 is 0 Å². The number of likely N-dealkylation sites (N-methyl/N-ethyl adjacent to an activating group) is 2. The maximum atomic E-state index is 12.3. The van der Waals surface area contributed by atoms with E-state index in [9.17, 15) is 4.79 Å². The minimum absolute atomic E-state index is 0.161. The van der Waals surface area contributed by atoms with Crippen LogP contribution in [0.15, 0.2) is 0 Å². The van der Waals surface area contributed by atoms with Crippen molar-refractivity contribution in [3.05, 3.63) is 0 Å². The van der Waals surface area contributed by atoms with Gasteiger partial charge in [0.25, 0.3) is 0 Å². The standard InChI is InChI=1S/C12H23N3O2/c1-13-5-3-4-11(10-13)14(2)12(16)15-6-8-17-9-7-15/h11H,3-10H2,1-2H3. The molecule has 5 nitrogen and oxygen atoms in total. The number of carbonyl (C=O) groups excluding carboxylic acids is 1. The lowest BCUT2D eigenvalue weighted by Gasteiger charge is -2.39. The van der Waals surface area contributed by atoms with Gasteiger partial charge in [0.15, 0.2) is 0 Å². The van der Waals surface area contributed by atoms with Gasteiger partial charge in [-0.05, 0) is 26.4 Å². The summed E-state index contributed by atoms with van der Waals surface area (Å²) in [6.07, 6.45) is 2.30. The number of hydrogen-bond donors (Lipinski definition) is 0. The first-order chi connectivity index (χ1) is 8.18. The van der Waals surface area contributed by atoms with Gasteiger partial charge in [0, 0.05) is 32.7 Å². The van der Waals surface area contributed by atoms with E-state index in [1.54, 1.807) is 0 Å². The van der Waals surface area contributed by atoms with Crippen LogP contribution in [-0.2, 0) is 4.74 Å². The number of nitrogens with zero attached hydrogens (tertiary/aromatic N) is 3. The van der Waals surface area contributed by atoms with Crippen LogP contribution < -0.4 is 0 Å². The highest BCUT2D eigenvalue weighted by Gasteiger charge is 2.28. The summed E-state index contributed by atoms with van der Waals surface area (Å²) in [6, 6.07) is 0.526. The average molecular weight is 241 g/mol. The van der Waals surface area contributed by atoms with Crippen LogP contribution in [0.4, 0.5) is 4.79 Å². The van der Waals surface area contributed by atoms with E-state index in [4.69, 9.17) is 4.74 Å². The molecule has 1 unspecified atom stereocenters. The molecule has 1 atom stereocenters. The molecule has 0 saturated carbocycles. The minimum Gasteiger partial charge on any atom is -0.378 e. The van der Waals surface area contributed by atoms with E-state index in [1.165, 1.54) is 6.42 Å². The molecule has 2 fully saturated rings. The third-order valence-corrected chi connectivity index (χ3v) is 3.73. The molecule has 2 aliphatic rings. The third kappa shape index (κ3) is 3.10. The Hall–Kier alpha value is -0.810. The van der Waals surface area contributed by atoms with Crippen LogP contribution in [0.3, 0.4) is 0 Å². The first kappa shape index (κ1) is 12.6. The summed E-state index contributed by atoms with van der Waals surface area (Å²) >= 11 is 0. The fraction of sp³-hybridized carbons (Fsp3) is 0.917. The summed E-state index contributed by atoms with van der Waals surface area (Å²) in [5.41, 5.74) is 0. The lowest BCUT2D eigenvalue weighted by atomic mass is 10.1. The van der Waals surface area contributed by atoms with Crippen LogP contribution in [0.2, 0.25) is 0 Å². The fourth-order valence-electron chi connectivity index (χ4n) is 2.59. The van der Waals surface area contributed by atoms with Gasteiger partial charge in [-0.3, -0.25) is 0 Å². The molecule has 0 aliphatic carbocycles. The fourth-order valence-corrected chi connectivity index (χ4v) is 2.59. The highest BCUT2D eigenvalue weighted by atomic mass is 16.5. The van der Waals surface area contributed by atoms with Gasteiger partial charge in [-0.15, -0.1) is 0 Å². The van der Waals surface area contributed by atoms with Crippen LogP contribution in [0.25, 0.3) is 0 Å². The van der Waals surface area contributed by atoms with Crippen molar-refractivity contribution in [2.75, 3.05) is 53.5 Å². The van der Waals surface area contributed by atoms with Gasteiger partial charge in [-0.1, -0.05) is 0 Å². The van der Waals surface area contributed by atoms with Gasteiger partial charge in [0.2, 0.25) is 0 Å². The number of hydrogen-bond acceptors (Lipinski definition) is 3. The van der Waals surface area contributed by atoms with Crippen molar-refractivity contribution in [2.45, 2.75) is 18.9 Å². The molecule has 0 spiro atoms. The molecule has 0 bridgehead atoms. The summed E-state index contributed by atoms with van der Waals surface area (Å²) in [7, 11) is 4.06. The normalized spacial score (nSPS) is 26.9. The monoisotopic (exact) mass is 241 g/mol. The Bertz CT molecular complexity index is 266. The maximum Gasteiger partial charge on any atom is 0.320 e. The Labute approximate surface area is 103 Å². The van der Waals surface area contributed by atoms with Gasteiger partial charge >= 0.3 is 6.03 Å². The number of ether oxygens (including phenoxy) is 1. The molecule has 0 aromatic carbocycles. The summed E-state index contributed by atoms with van der Waals surface area (Å²) in [5.74, 6) is 0. The van der Waals surface area contributed by atoms with Crippen molar-refractivity contribution < 1.29 is 9.53 Å². The molecule has 0 aromatic heterocycles. The summed E-state index contributed by atoms with van der Waals surface area (Å²) in [5, 5.41) is 0. The Kier molecular flexibility index (Phi) is 4.23. The zero-order chi connectivity index (χ0) is 12.3. The Morgan fingerprint density at radius 1 is 1.29 bits per heavy atom. The lowest BCUT2D eigenvalue weighted by molar-refractivity contribution is 0.0380. The SMILES string of the molecule is CN1CCCC(N(C)C(=O)N2CCOCC2)C1. The molecule has 2 saturated heterocycles. The highest BCUT2D eigenvalue weighted by Crippen LogP contribution is 2.15.